The van der Waals surface area contributed by atoms with Gasteiger partial charge < -0.3 is 10.1 Å². The van der Waals surface area contributed by atoms with Gasteiger partial charge in [0.15, 0.2) is 0 Å². The summed E-state index contributed by atoms with van der Waals surface area (Å²) >= 11 is 0. The third-order valence-corrected chi connectivity index (χ3v) is 2.02. The molecule has 0 spiro atoms. The third kappa shape index (κ3) is 3.80. The number of amides is 1. The van der Waals surface area contributed by atoms with Gasteiger partial charge in [0.25, 0.3) is 0 Å². The topological polar surface area (TPSA) is 89.5 Å². The molecule has 6 heteroatoms. The van der Waals surface area contributed by atoms with Crippen molar-refractivity contribution in [3.05, 3.63) is 0 Å². The van der Waals surface area contributed by atoms with E-state index in [0.717, 1.165) is 7.11 Å². The monoisotopic (exact) mass is 229 g/mol. The first-order valence-corrected chi connectivity index (χ1v) is 4.67. The molecule has 0 saturated heterocycles. The number of rotatable bonds is 5. The zero-order valence-electron chi connectivity index (χ0n) is 9.70. The number of methoxy groups -OCH3 is 1. The number of carbonyl (C=O) groups excluding carboxylic acids is 4. The van der Waals surface area contributed by atoms with Crippen molar-refractivity contribution in [1.82, 2.24) is 5.32 Å². The van der Waals surface area contributed by atoms with Gasteiger partial charge in [0.2, 0.25) is 5.91 Å². The number of Topliss-reactive ketones (excluding diaryl/α,β-unsaturated/α-hetero) is 2. The molecular weight excluding hydrogens is 214 g/mol. The summed E-state index contributed by atoms with van der Waals surface area (Å²) in [6.07, 6.45) is 0. The number of hydrogen-bond donors (Lipinski definition) is 1. The van der Waals surface area contributed by atoms with E-state index < -0.39 is 35.4 Å². The Kier molecular flexibility index (Phi) is 5.35. The van der Waals surface area contributed by atoms with Gasteiger partial charge in [-0.05, 0) is 13.8 Å². The molecular formula is C10H15NO5. The van der Waals surface area contributed by atoms with Crippen molar-refractivity contribution in [3.63, 3.8) is 0 Å². The first-order valence-electron chi connectivity index (χ1n) is 4.67. The molecule has 0 saturated carbocycles. The molecule has 6 nitrogen and oxygen atoms in total. The molecule has 0 aliphatic rings. The van der Waals surface area contributed by atoms with Gasteiger partial charge in [-0.2, -0.15) is 0 Å². The van der Waals surface area contributed by atoms with E-state index in [-0.39, 0.29) is 0 Å². The molecule has 0 bridgehead atoms. The zero-order valence-corrected chi connectivity index (χ0v) is 9.70. The molecule has 1 atom stereocenters. The molecule has 1 N–H and O–H groups in total. The normalized spacial score (nSPS) is 11.8. The van der Waals surface area contributed by atoms with Gasteiger partial charge in [-0.1, -0.05) is 0 Å². The number of hydrogen-bond acceptors (Lipinski definition) is 5. The summed E-state index contributed by atoms with van der Waals surface area (Å²) in [5.74, 6) is -3.50. The number of carbonyl (C=O) groups is 4. The van der Waals surface area contributed by atoms with Crippen LogP contribution in [0.3, 0.4) is 0 Å². The lowest BCUT2D eigenvalue weighted by Gasteiger charge is -2.21. The van der Waals surface area contributed by atoms with E-state index in [1.165, 1.54) is 20.8 Å². The number of ketones is 2. The highest BCUT2D eigenvalue weighted by Crippen LogP contribution is 2.09. The fourth-order valence-electron chi connectivity index (χ4n) is 1.38. The van der Waals surface area contributed by atoms with E-state index in [2.05, 4.69) is 10.1 Å². The van der Waals surface area contributed by atoms with E-state index >= 15 is 0 Å². The van der Waals surface area contributed by atoms with Crippen LogP contribution in [0.15, 0.2) is 0 Å². The molecule has 1 unspecified atom stereocenters. The molecule has 0 aromatic rings. The Labute approximate surface area is 93.3 Å². The molecule has 0 fully saturated rings. The first kappa shape index (κ1) is 14.3. The highest BCUT2D eigenvalue weighted by molar-refractivity contribution is 6.05. The highest BCUT2D eigenvalue weighted by atomic mass is 16.5. The maximum atomic E-state index is 11.4. The standard InChI is InChI=1S/C10H15NO5/c1-5(12)8(6(2)13)9(10(15)16-4)11-7(3)14/h8-9H,1-4H3,(H,11,14). The number of ether oxygens (including phenoxy) is 1. The Morgan fingerprint density at radius 2 is 1.44 bits per heavy atom. The number of nitrogens with one attached hydrogen (secondary N) is 1. The summed E-state index contributed by atoms with van der Waals surface area (Å²) < 4.78 is 4.44. The highest BCUT2D eigenvalue weighted by Gasteiger charge is 2.36. The molecule has 0 heterocycles. The maximum Gasteiger partial charge on any atom is 0.329 e. The van der Waals surface area contributed by atoms with Crippen molar-refractivity contribution >= 4 is 23.4 Å². The molecule has 0 aliphatic carbocycles. The molecule has 0 aromatic carbocycles. The van der Waals surface area contributed by atoms with E-state index in [4.69, 9.17) is 0 Å². The average molecular weight is 229 g/mol. The molecule has 0 rings (SSSR count). The summed E-state index contributed by atoms with van der Waals surface area (Å²) in [5.41, 5.74) is 0. The maximum absolute atomic E-state index is 11.4. The van der Waals surface area contributed by atoms with Crippen LogP contribution in [0, 0.1) is 5.92 Å². The Morgan fingerprint density at radius 1 is 1.00 bits per heavy atom. The lowest BCUT2D eigenvalue weighted by atomic mass is 9.92. The van der Waals surface area contributed by atoms with Crippen molar-refractivity contribution in [1.29, 1.82) is 0 Å². The SMILES string of the molecule is COC(=O)C(NC(C)=O)C(C(C)=O)C(C)=O. The van der Waals surface area contributed by atoms with E-state index in [1.807, 2.05) is 0 Å². The second-order valence-corrected chi connectivity index (χ2v) is 3.40. The van der Waals surface area contributed by atoms with Crippen LogP contribution in [-0.4, -0.2) is 36.6 Å². The zero-order chi connectivity index (χ0) is 12.9. The van der Waals surface area contributed by atoms with Gasteiger partial charge in [-0.25, -0.2) is 4.79 Å². The Balaban J connectivity index is 5.11. The van der Waals surface area contributed by atoms with Crippen molar-refractivity contribution < 1.29 is 23.9 Å². The lowest BCUT2D eigenvalue weighted by Crippen LogP contribution is -2.50. The Hall–Kier alpha value is -1.72. The van der Waals surface area contributed by atoms with Crippen LogP contribution < -0.4 is 5.32 Å². The molecule has 0 aliphatic heterocycles. The van der Waals surface area contributed by atoms with Crippen LogP contribution >= 0.6 is 0 Å². The summed E-state index contributed by atoms with van der Waals surface area (Å²) in [7, 11) is 1.12. The van der Waals surface area contributed by atoms with Gasteiger partial charge in [-0.3, -0.25) is 14.4 Å². The van der Waals surface area contributed by atoms with E-state index in [0.29, 0.717) is 0 Å². The van der Waals surface area contributed by atoms with Gasteiger partial charge >= 0.3 is 5.97 Å². The summed E-state index contributed by atoms with van der Waals surface area (Å²) in [5, 5.41) is 2.24. The van der Waals surface area contributed by atoms with Crippen LogP contribution in [0.4, 0.5) is 0 Å². The summed E-state index contributed by atoms with van der Waals surface area (Å²) in [6.45, 7) is 3.56. The molecule has 90 valence electrons. The second-order valence-electron chi connectivity index (χ2n) is 3.40. The predicted molar refractivity (Wildman–Crippen MR) is 54.5 cm³/mol. The van der Waals surface area contributed by atoms with E-state index in [1.54, 1.807) is 0 Å². The van der Waals surface area contributed by atoms with Crippen LogP contribution in [0.5, 0.6) is 0 Å². The van der Waals surface area contributed by atoms with Crippen molar-refractivity contribution in [2.45, 2.75) is 26.8 Å². The van der Waals surface area contributed by atoms with Gasteiger partial charge in [-0.15, -0.1) is 0 Å². The predicted octanol–water partition coefficient (Wildman–Crippen LogP) is -0.542. The van der Waals surface area contributed by atoms with Gasteiger partial charge in [0, 0.05) is 6.92 Å². The fourth-order valence-corrected chi connectivity index (χ4v) is 1.38. The molecule has 0 aromatic heterocycles. The summed E-state index contributed by atoms with van der Waals surface area (Å²) in [4.78, 5) is 44.7. The Morgan fingerprint density at radius 3 is 1.69 bits per heavy atom. The quantitative estimate of drug-likeness (QED) is 0.505. The van der Waals surface area contributed by atoms with Crippen molar-refractivity contribution in [3.8, 4) is 0 Å². The van der Waals surface area contributed by atoms with Crippen LogP contribution in [0.2, 0.25) is 0 Å². The molecule has 0 radical (unpaired) electrons. The van der Waals surface area contributed by atoms with Gasteiger partial charge in [0.1, 0.15) is 23.5 Å². The van der Waals surface area contributed by atoms with Crippen molar-refractivity contribution in [2.75, 3.05) is 7.11 Å². The minimum Gasteiger partial charge on any atom is -0.467 e. The van der Waals surface area contributed by atoms with E-state index in [9.17, 15) is 19.2 Å². The molecule has 1 amide bonds. The third-order valence-electron chi connectivity index (χ3n) is 2.02. The lowest BCUT2D eigenvalue weighted by molar-refractivity contribution is -0.150. The van der Waals surface area contributed by atoms with Crippen LogP contribution in [0.25, 0.3) is 0 Å². The first-order chi connectivity index (χ1) is 7.31. The smallest absolute Gasteiger partial charge is 0.329 e. The largest absolute Gasteiger partial charge is 0.467 e. The second kappa shape index (κ2) is 5.99. The minimum atomic E-state index is -1.25. The van der Waals surface area contributed by atoms with Crippen LogP contribution in [-0.2, 0) is 23.9 Å². The van der Waals surface area contributed by atoms with Crippen molar-refractivity contribution in [2.24, 2.45) is 5.92 Å². The van der Waals surface area contributed by atoms with Crippen LogP contribution in [0.1, 0.15) is 20.8 Å². The number of esters is 1. The Bertz CT molecular complexity index is 309. The molecule has 16 heavy (non-hydrogen) atoms. The van der Waals surface area contributed by atoms with Gasteiger partial charge in [0.05, 0.1) is 7.11 Å². The average Bonchev–Trinajstić information content (AvgIpc) is 2.13. The fraction of sp³-hybridized carbons (Fsp3) is 0.600. The summed E-state index contributed by atoms with van der Waals surface area (Å²) in [6, 6.07) is -1.25. The minimum absolute atomic E-state index is 0.489.